The first-order chi connectivity index (χ1) is 11.9. The molecule has 0 atom stereocenters. The molecule has 3 aromatic rings. The van der Waals surface area contributed by atoms with E-state index in [9.17, 15) is 18.0 Å². The topological polar surface area (TPSA) is 91.7 Å². The minimum absolute atomic E-state index is 0.00709. The largest absolute Gasteiger partial charge is 0.433 e. The molecule has 0 spiro atoms. The first kappa shape index (κ1) is 16.4. The van der Waals surface area contributed by atoms with E-state index in [1.165, 1.54) is 23.1 Å². The Labute approximate surface area is 138 Å². The minimum atomic E-state index is -4.69. The van der Waals surface area contributed by atoms with Crippen LogP contribution in [0.25, 0.3) is 22.9 Å². The Morgan fingerprint density at radius 1 is 1.32 bits per heavy atom. The molecule has 0 radical (unpaired) electrons. The third-order valence-electron chi connectivity index (χ3n) is 3.24. The Balaban J connectivity index is 2.24. The van der Waals surface area contributed by atoms with E-state index in [0.717, 1.165) is 18.4 Å². The quantitative estimate of drug-likeness (QED) is 0.710. The molecule has 3 aromatic heterocycles. The van der Waals surface area contributed by atoms with E-state index in [0.29, 0.717) is 5.82 Å². The van der Waals surface area contributed by atoms with Crippen molar-refractivity contribution in [2.45, 2.75) is 6.18 Å². The number of hydrogen-bond acceptors (Lipinski definition) is 4. The van der Waals surface area contributed by atoms with E-state index in [1.54, 1.807) is 6.07 Å². The van der Waals surface area contributed by atoms with Crippen LogP contribution >= 0.6 is 0 Å². The second-order valence-corrected chi connectivity index (χ2v) is 4.86. The third-order valence-corrected chi connectivity index (χ3v) is 3.24. The van der Waals surface area contributed by atoms with Gasteiger partial charge in [-0.25, -0.2) is 9.67 Å². The zero-order valence-corrected chi connectivity index (χ0v) is 12.6. The molecule has 0 aliphatic carbocycles. The molecule has 3 rings (SSSR count). The zero-order chi connectivity index (χ0) is 18.0. The van der Waals surface area contributed by atoms with Gasteiger partial charge < -0.3 is 0 Å². The summed E-state index contributed by atoms with van der Waals surface area (Å²) in [6, 6.07) is 2.89. The van der Waals surface area contributed by atoms with Gasteiger partial charge in [-0.2, -0.15) is 18.3 Å². The molecule has 2 N–H and O–H groups in total. The highest BCUT2D eigenvalue weighted by atomic mass is 19.4. The third kappa shape index (κ3) is 3.13. The summed E-state index contributed by atoms with van der Waals surface area (Å²) < 4.78 is 40.7. The summed E-state index contributed by atoms with van der Waals surface area (Å²) in [5.74, 6) is 0.418. The van der Waals surface area contributed by atoms with E-state index in [1.807, 2.05) is 0 Å². The number of fused-ring (bicyclic) bond motifs is 1. The van der Waals surface area contributed by atoms with Crippen LogP contribution in [-0.2, 0) is 0 Å². The van der Waals surface area contributed by atoms with Gasteiger partial charge in [0, 0.05) is 18.5 Å². The lowest BCUT2D eigenvalue weighted by Crippen LogP contribution is -2.10. The summed E-state index contributed by atoms with van der Waals surface area (Å²) in [5, 5.41) is 8.93. The van der Waals surface area contributed by atoms with Crippen molar-refractivity contribution in [3.63, 3.8) is 0 Å². The lowest BCUT2D eigenvalue weighted by molar-refractivity contribution is -0.0912. The van der Waals surface area contributed by atoms with Gasteiger partial charge in [-0.1, -0.05) is 12.7 Å². The number of allylic oxidation sites excluding steroid dienone is 2. The maximum Gasteiger partial charge on any atom is 0.433 e. The fourth-order valence-electron chi connectivity index (χ4n) is 2.22. The summed E-state index contributed by atoms with van der Waals surface area (Å²) in [7, 11) is 0. The van der Waals surface area contributed by atoms with Crippen LogP contribution < -0.4 is 5.56 Å². The molecule has 3 heterocycles. The lowest BCUT2D eigenvalue weighted by Gasteiger charge is -2.07. The number of aromatic amines is 2. The Bertz CT molecular complexity index is 1020. The molecule has 0 aromatic carbocycles. The number of hydrogen-bond donors (Lipinski definition) is 2. The number of aliphatic imine (C=N–C) groups is 1. The van der Waals surface area contributed by atoms with Crippen molar-refractivity contribution in [1.29, 1.82) is 0 Å². The van der Waals surface area contributed by atoms with Crippen molar-refractivity contribution >= 4 is 23.3 Å². The fourth-order valence-corrected chi connectivity index (χ4v) is 2.22. The van der Waals surface area contributed by atoms with Crippen molar-refractivity contribution in [2.24, 2.45) is 4.99 Å². The van der Waals surface area contributed by atoms with Crippen LogP contribution in [0.5, 0.6) is 0 Å². The number of alkyl halides is 3. The van der Waals surface area contributed by atoms with Gasteiger partial charge in [0.05, 0.1) is 11.6 Å². The van der Waals surface area contributed by atoms with Crippen LogP contribution in [0.4, 0.5) is 13.2 Å². The fraction of sp³-hybridized carbons (Fsp3) is 0.0667. The average molecular weight is 348 g/mol. The van der Waals surface area contributed by atoms with E-state index in [2.05, 4.69) is 31.9 Å². The molecule has 0 saturated carbocycles. The molecule has 128 valence electrons. The maximum atomic E-state index is 13.1. The smallest absolute Gasteiger partial charge is 0.267 e. The second kappa shape index (κ2) is 6.23. The minimum Gasteiger partial charge on any atom is -0.267 e. The standard InChI is InChI=1S/C15H11F3N6O/c1-2-5-19-10(15(16,17)18)8-9-3-6-20-13-12(9)14(25)23-24(13)11-4-7-21-22-11/h2-8H,1H2,(H,21,22)(H,23,25)/b10-8+,19-5?. The molecular weight excluding hydrogens is 337 g/mol. The monoisotopic (exact) mass is 348 g/mol. The number of pyridine rings is 1. The van der Waals surface area contributed by atoms with Gasteiger partial charge in [-0.3, -0.25) is 20.0 Å². The highest BCUT2D eigenvalue weighted by molar-refractivity contribution is 5.86. The van der Waals surface area contributed by atoms with Crippen LogP contribution in [-0.4, -0.2) is 37.4 Å². The van der Waals surface area contributed by atoms with Gasteiger partial charge >= 0.3 is 6.18 Å². The van der Waals surface area contributed by atoms with Crippen LogP contribution in [0, 0.1) is 0 Å². The molecule has 0 bridgehead atoms. The van der Waals surface area contributed by atoms with Gasteiger partial charge in [0.15, 0.2) is 5.65 Å². The molecule has 0 aliphatic rings. The zero-order valence-electron chi connectivity index (χ0n) is 12.6. The molecule has 10 heteroatoms. The second-order valence-electron chi connectivity index (χ2n) is 4.86. The normalized spacial score (nSPS) is 13.0. The summed E-state index contributed by atoms with van der Waals surface area (Å²) >= 11 is 0. The summed E-state index contributed by atoms with van der Waals surface area (Å²) in [5.41, 5.74) is -1.54. The van der Waals surface area contributed by atoms with Crippen LogP contribution in [0.3, 0.4) is 0 Å². The molecule has 7 nitrogen and oxygen atoms in total. The number of halogens is 3. The predicted octanol–water partition coefficient (Wildman–Crippen LogP) is 2.60. The molecule has 0 fully saturated rings. The van der Waals surface area contributed by atoms with E-state index < -0.39 is 17.4 Å². The van der Waals surface area contributed by atoms with Crippen molar-refractivity contribution in [3.8, 4) is 5.82 Å². The summed E-state index contributed by atoms with van der Waals surface area (Å²) in [6.45, 7) is 3.30. The van der Waals surface area contributed by atoms with Crippen LogP contribution in [0.2, 0.25) is 0 Å². The highest BCUT2D eigenvalue weighted by Gasteiger charge is 2.33. The number of H-pyrrole nitrogens is 2. The van der Waals surface area contributed by atoms with E-state index in [-0.39, 0.29) is 16.6 Å². The molecule has 0 unspecified atom stereocenters. The molecule has 0 saturated heterocycles. The predicted molar refractivity (Wildman–Crippen MR) is 86.6 cm³/mol. The van der Waals surface area contributed by atoms with Crippen molar-refractivity contribution < 1.29 is 13.2 Å². The SMILES string of the molecule is C=CC=N/C(=C/c1ccnc2c1c(=O)[nH]n2-c1ccn[nH]1)C(F)(F)F. The maximum absolute atomic E-state index is 13.1. The Hall–Kier alpha value is -3.43. The Morgan fingerprint density at radius 2 is 2.12 bits per heavy atom. The summed E-state index contributed by atoms with van der Waals surface area (Å²) in [6.07, 6.45) is 0.930. The van der Waals surface area contributed by atoms with Gasteiger partial charge in [-0.15, -0.1) is 0 Å². The van der Waals surface area contributed by atoms with E-state index >= 15 is 0 Å². The van der Waals surface area contributed by atoms with Gasteiger partial charge in [0.2, 0.25) is 0 Å². The lowest BCUT2D eigenvalue weighted by atomic mass is 10.1. The molecular formula is C15H11F3N6O. The van der Waals surface area contributed by atoms with Gasteiger partial charge in [0.25, 0.3) is 5.56 Å². The summed E-state index contributed by atoms with van der Waals surface area (Å²) in [4.78, 5) is 19.7. The number of aromatic nitrogens is 5. The van der Waals surface area contributed by atoms with E-state index in [4.69, 9.17) is 0 Å². The molecule has 0 aliphatic heterocycles. The molecule has 0 amide bonds. The molecule has 25 heavy (non-hydrogen) atoms. The first-order valence-corrected chi connectivity index (χ1v) is 6.95. The average Bonchev–Trinajstić information content (AvgIpc) is 3.19. The van der Waals surface area contributed by atoms with Gasteiger partial charge in [0.1, 0.15) is 11.5 Å². The number of rotatable bonds is 4. The van der Waals surface area contributed by atoms with Crippen molar-refractivity contribution in [3.05, 3.63) is 58.8 Å². The van der Waals surface area contributed by atoms with Crippen molar-refractivity contribution in [1.82, 2.24) is 25.0 Å². The Kier molecular flexibility index (Phi) is 4.09. The highest BCUT2D eigenvalue weighted by Crippen LogP contribution is 2.29. The van der Waals surface area contributed by atoms with Gasteiger partial charge in [-0.05, 0) is 17.7 Å². The number of nitrogens with zero attached hydrogens (tertiary/aromatic N) is 4. The first-order valence-electron chi connectivity index (χ1n) is 6.95. The van der Waals surface area contributed by atoms with Crippen LogP contribution in [0.1, 0.15) is 5.56 Å². The Morgan fingerprint density at radius 3 is 2.76 bits per heavy atom. The van der Waals surface area contributed by atoms with Crippen molar-refractivity contribution in [2.75, 3.05) is 0 Å². The van der Waals surface area contributed by atoms with Crippen LogP contribution in [0.15, 0.2) is 52.7 Å². The number of nitrogens with one attached hydrogen (secondary N) is 2.